The summed E-state index contributed by atoms with van der Waals surface area (Å²) in [5, 5.41) is 3.78. The number of aryl methyl sites for hydroxylation is 1. The van der Waals surface area contributed by atoms with Gasteiger partial charge in [0.2, 0.25) is 0 Å². The van der Waals surface area contributed by atoms with Crippen LogP contribution in [0.3, 0.4) is 0 Å². The van der Waals surface area contributed by atoms with Crippen LogP contribution in [0.5, 0.6) is 0 Å². The maximum atomic E-state index is 13.6. The zero-order valence-electron chi connectivity index (χ0n) is 17.5. The number of methoxy groups -OCH3 is 1. The van der Waals surface area contributed by atoms with E-state index in [9.17, 15) is 14.4 Å². The summed E-state index contributed by atoms with van der Waals surface area (Å²) in [5.41, 5.74) is 1.14. The van der Waals surface area contributed by atoms with E-state index in [1.54, 1.807) is 35.2 Å². The van der Waals surface area contributed by atoms with E-state index in [0.29, 0.717) is 32.8 Å². The standard InChI is InChI=1S/C23H25ClN2O4S/c1-13-11-19(25-21(27)15-8-4-5-9-16(15)24)31-20(13)22(28)26-17-10-6-3-7-14(17)12-18(26)23(29)30-2/h4-5,8-9,11,14,17-18H,3,6-7,10,12H2,1-2H3,(H,25,27). The van der Waals surface area contributed by atoms with Crippen molar-refractivity contribution in [3.8, 4) is 0 Å². The van der Waals surface area contributed by atoms with Crippen molar-refractivity contribution in [3.05, 3.63) is 51.4 Å². The van der Waals surface area contributed by atoms with E-state index >= 15 is 0 Å². The van der Waals surface area contributed by atoms with Gasteiger partial charge in [-0.3, -0.25) is 9.59 Å². The molecule has 1 aliphatic heterocycles. The summed E-state index contributed by atoms with van der Waals surface area (Å²) in [4.78, 5) is 40.9. The van der Waals surface area contributed by atoms with Crippen molar-refractivity contribution in [1.82, 2.24) is 4.90 Å². The molecule has 1 aromatic heterocycles. The molecule has 0 bridgehead atoms. The summed E-state index contributed by atoms with van der Waals surface area (Å²) in [5.74, 6) is -0.511. The van der Waals surface area contributed by atoms with E-state index in [1.807, 2.05) is 6.92 Å². The predicted molar refractivity (Wildman–Crippen MR) is 121 cm³/mol. The van der Waals surface area contributed by atoms with E-state index in [1.165, 1.54) is 18.4 Å². The fraction of sp³-hybridized carbons (Fsp3) is 0.435. The Labute approximate surface area is 190 Å². The van der Waals surface area contributed by atoms with Gasteiger partial charge in [-0.15, -0.1) is 11.3 Å². The Balaban J connectivity index is 1.58. The maximum absolute atomic E-state index is 13.6. The number of nitrogens with one attached hydrogen (secondary N) is 1. The van der Waals surface area contributed by atoms with Gasteiger partial charge in [0.15, 0.2) is 0 Å². The Hall–Kier alpha value is -2.38. The molecule has 6 nitrogen and oxygen atoms in total. The SMILES string of the molecule is COC(=O)C1CC2CCCCC2N1C(=O)c1sc(NC(=O)c2ccccc2Cl)cc1C. The molecule has 1 N–H and O–H groups in total. The van der Waals surface area contributed by atoms with Gasteiger partial charge < -0.3 is 15.0 Å². The molecule has 0 spiro atoms. The fourth-order valence-corrected chi connectivity index (χ4v) is 6.03. The monoisotopic (exact) mass is 460 g/mol. The average Bonchev–Trinajstić information content (AvgIpc) is 3.33. The zero-order valence-corrected chi connectivity index (χ0v) is 19.1. The lowest BCUT2D eigenvalue weighted by Gasteiger charge is -2.33. The second kappa shape index (κ2) is 9.01. The summed E-state index contributed by atoms with van der Waals surface area (Å²) >= 11 is 7.35. The minimum atomic E-state index is -0.548. The number of likely N-dealkylation sites (tertiary alicyclic amines) is 1. The van der Waals surface area contributed by atoms with Gasteiger partial charge in [0.1, 0.15) is 6.04 Å². The topological polar surface area (TPSA) is 75.7 Å². The van der Waals surface area contributed by atoms with Crippen molar-refractivity contribution in [2.75, 3.05) is 12.4 Å². The molecule has 1 aromatic carbocycles. The van der Waals surface area contributed by atoms with Crippen LogP contribution in [0.15, 0.2) is 30.3 Å². The predicted octanol–water partition coefficient (Wildman–Crippen LogP) is 4.91. The summed E-state index contributed by atoms with van der Waals surface area (Å²) < 4.78 is 5.01. The van der Waals surface area contributed by atoms with Crippen molar-refractivity contribution < 1.29 is 19.1 Å². The number of nitrogens with zero attached hydrogens (tertiary/aromatic N) is 1. The van der Waals surface area contributed by atoms with Crippen LogP contribution in [0.1, 0.15) is 57.7 Å². The maximum Gasteiger partial charge on any atom is 0.328 e. The molecule has 3 unspecified atom stereocenters. The number of hydrogen-bond acceptors (Lipinski definition) is 5. The van der Waals surface area contributed by atoms with Crippen LogP contribution in [0.25, 0.3) is 0 Å². The number of halogens is 1. The minimum absolute atomic E-state index is 0.0630. The van der Waals surface area contributed by atoms with Gasteiger partial charge in [-0.1, -0.05) is 36.6 Å². The molecule has 3 atom stereocenters. The highest BCUT2D eigenvalue weighted by Crippen LogP contribution is 2.42. The van der Waals surface area contributed by atoms with Gasteiger partial charge in [-0.25, -0.2) is 4.79 Å². The summed E-state index contributed by atoms with van der Waals surface area (Å²) in [6.45, 7) is 1.84. The Kier molecular flexibility index (Phi) is 6.34. The van der Waals surface area contributed by atoms with Crippen LogP contribution in [-0.2, 0) is 9.53 Å². The molecule has 4 rings (SSSR count). The van der Waals surface area contributed by atoms with E-state index in [2.05, 4.69) is 5.32 Å². The first-order valence-electron chi connectivity index (χ1n) is 10.5. The normalized spacial score (nSPS) is 22.7. The third-order valence-electron chi connectivity index (χ3n) is 6.26. The Morgan fingerprint density at radius 2 is 1.94 bits per heavy atom. The average molecular weight is 461 g/mol. The molecule has 2 fully saturated rings. The number of benzene rings is 1. The quantitative estimate of drug-likeness (QED) is 0.658. The van der Waals surface area contributed by atoms with E-state index in [4.69, 9.17) is 16.3 Å². The van der Waals surface area contributed by atoms with Gasteiger partial charge in [-0.2, -0.15) is 0 Å². The second-order valence-electron chi connectivity index (χ2n) is 8.16. The Morgan fingerprint density at radius 1 is 1.19 bits per heavy atom. The molecule has 1 saturated heterocycles. The molecule has 164 valence electrons. The lowest BCUT2D eigenvalue weighted by atomic mass is 9.84. The zero-order chi connectivity index (χ0) is 22.1. The first kappa shape index (κ1) is 21.8. The molecular formula is C23H25ClN2O4S. The molecule has 1 aliphatic carbocycles. The number of amides is 2. The molecular weight excluding hydrogens is 436 g/mol. The van der Waals surface area contributed by atoms with Gasteiger partial charge >= 0.3 is 5.97 Å². The number of hydrogen-bond donors (Lipinski definition) is 1. The molecule has 0 radical (unpaired) electrons. The molecule has 2 aromatic rings. The van der Waals surface area contributed by atoms with Crippen LogP contribution >= 0.6 is 22.9 Å². The number of ether oxygens (including phenoxy) is 1. The van der Waals surface area contributed by atoms with E-state index in [0.717, 1.165) is 31.2 Å². The molecule has 1 saturated carbocycles. The van der Waals surface area contributed by atoms with Gasteiger partial charge in [0.25, 0.3) is 11.8 Å². The first-order valence-corrected chi connectivity index (χ1v) is 11.7. The number of carbonyl (C=O) groups is 3. The minimum Gasteiger partial charge on any atom is -0.467 e. The van der Waals surface area contributed by atoms with Crippen molar-refractivity contribution in [2.45, 2.75) is 51.1 Å². The van der Waals surface area contributed by atoms with Crippen LogP contribution in [-0.4, -0.2) is 41.9 Å². The highest BCUT2D eigenvalue weighted by molar-refractivity contribution is 7.18. The number of anilines is 1. The van der Waals surface area contributed by atoms with Crippen LogP contribution in [0.2, 0.25) is 5.02 Å². The number of carbonyl (C=O) groups excluding carboxylic acids is 3. The van der Waals surface area contributed by atoms with Gasteiger partial charge in [0.05, 0.1) is 27.6 Å². The highest BCUT2D eigenvalue weighted by Gasteiger charge is 2.48. The number of rotatable bonds is 4. The van der Waals surface area contributed by atoms with Gasteiger partial charge in [-0.05, 0) is 55.9 Å². The van der Waals surface area contributed by atoms with Crippen molar-refractivity contribution in [2.24, 2.45) is 5.92 Å². The second-order valence-corrected chi connectivity index (χ2v) is 9.62. The third-order valence-corrected chi connectivity index (χ3v) is 7.73. The molecule has 8 heteroatoms. The lowest BCUT2D eigenvalue weighted by Crippen LogP contribution is -2.46. The first-order chi connectivity index (χ1) is 14.9. The summed E-state index contributed by atoms with van der Waals surface area (Å²) in [6, 6.07) is 8.12. The molecule has 2 aliphatic rings. The number of fused-ring (bicyclic) bond motifs is 1. The lowest BCUT2D eigenvalue weighted by molar-refractivity contribution is -0.145. The summed E-state index contributed by atoms with van der Waals surface area (Å²) in [7, 11) is 1.37. The third kappa shape index (κ3) is 4.21. The van der Waals surface area contributed by atoms with E-state index in [-0.39, 0.29) is 23.8 Å². The van der Waals surface area contributed by atoms with Crippen LogP contribution < -0.4 is 5.32 Å². The van der Waals surface area contributed by atoms with Crippen LogP contribution in [0.4, 0.5) is 5.00 Å². The van der Waals surface area contributed by atoms with Crippen molar-refractivity contribution in [3.63, 3.8) is 0 Å². The highest BCUT2D eigenvalue weighted by atomic mass is 35.5. The molecule has 2 heterocycles. The fourth-order valence-electron chi connectivity index (χ4n) is 4.80. The van der Waals surface area contributed by atoms with Crippen LogP contribution in [0, 0.1) is 12.8 Å². The van der Waals surface area contributed by atoms with Crippen molar-refractivity contribution >= 4 is 45.7 Å². The van der Waals surface area contributed by atoms with Crippen molar-refractivity contribution in [1.29, 1.82) is 0 Å². The molecule has 31 heavy (non-hydrogen) atoms. The Morgan fingerprint density at radius 3 is 2.68 bits per heavy atom. The largest absolute Gasteiger partial charge is 0.467 e. The van der Waals surface area contributed by atoms with E-state index < -0.39 is 6.04 Å². The van der Waals surface area contributed by atoms with Gasteiger partial charge in [0, 0.05) is 6.04 Å². The number of esters is 1. The Bertz CT molecular complexity index is 1020. The summed E-state index contributed by atoms with van der Waals surface area (Å²) in [6.07, 6.45) is 4.79. The smallest absolute Gasteiger partial charge is 0.328 e. The molecule has 2 amide bonds. The number of thiophene rings is 1.